The van der Waals surface area contributed by atoms with Crippen molar-refractivity contribution in [1.82, 2.24) is 10.2 Å². The molecule has 2 fully saturated rings. The molecular formula is C17H22ClN3O2. The quantitative estimate of drug-likeness (QED) is 0.918. The zero-order chi connectivity index (χ0) is 16.4. The van der Waals surface area contributed by atoms with Crippen LogP contribution in [0.15, 0.2) is 24.3 Å². The first kappa shape index (κ1) is 16.3. The number of hydrogen-bond donors (Lipinski definition) is 1. The molecule has 1 aromatic rings. The summed E-state index contributed by atoms with van der Waals surface area (Å²) in [5.74, 6) is -0.128. The molecule has 2 atom stereocenters. The fraction of sp³-hybridized carbons (Fsp3) is 0.529. The lowest BCUT2D eigenvalue weighted by atomic mass is 10.0. The number of hydrogen-bond acceptors (Lipinski definition) is 3. The van der Waals surface area contributed by atoms with Crippen LogP contribution in [0.1, 0.15) is 19.3 Å². The topological polar surface area (TPSA) is 52.7 Å². The van der Waals surface area contributed by atoms with Gasteiger partial charge in [0.05, 0.1) is 5.92 Å². The van der Waals surface area contributed by atoms with Crippen LogP contribution in [0.4, 0.5) is 5.69 Å². The standard InChI is InChI=1S/C17H22ClN3O2/c1-19-14-3-2-8-20(11-14)17(23)12-9-16(22)21(10-12)15-6-4-13(18)5-7-15/h4-7,12,14,19H,2-3,8-11H2,1H3. The molecule has 5 nitrogen and oxygen atoms in total. The fourth-order valence-corrected chi connectivity index (χ4v) is 3.54. The summed E-state index contributed by atoms with van der Waals surface area (Å²) in [5, 5.41) is 3.88. The van der Waals surface area contributed by atoms with Crippen LogP contribution in [-0.4, -0.2) is 49.4 Å². The van der Waals surface area contributed by atoms with Gasteiger partial charge in [-0.05, 0) is 44.2 Å². The highest BCUT2D eigenvalue weighted by Crippen LogP contribution is 2.28. The SMILES string of the molecule is CNC1CCCN(C(=O)C2CC(=O)N(c3ccc(Cl)cc3)C2)C1. The van der Waals surface area contributed by atoms with Gasteiger partial charge in [0.15, 0.2) is 0 Å². The maximum Gasteiger partial charge on any atom is 0.228 e. The van der Waals surface area contributed by atoms with Gasteiger partial charge in [0, 0.05) is 42.8 Å². The van der Waals surface area contributed by atoms with Gasteiger partial charge in [0.1, 0.15) is 0 Å². The summed E-state index contributed by atoms with van der Waals surface area (Å²) in [6.45, 7) is 1.99. The molecular weight excluding hydrogens is 314 g/mol. The Morgan fingerprint density at radius 3 is 2.70 bits per heavy atom. The van der Waals surface area contributed by atoms with E-state index in [1.807, 2.05) is 24.1 Å². The fourth-order valence-electron chi connectivity index (χ4n) is 3.41. The van der Waals surface area contributed by atoms with Crippen molar-refractivity contribution >= 4 is 29.1 Å². The first-order valence-electron chi connectivity index (χ1n) is 8.10. The summed E-state index contributed by atoms with van der Waals surface area (Å²) in [5.41, 5.74) is 0.807. The number of likely N-dealkylation sites (tertiary alicyclic amines) is 1. The van der Waals surface area contributed by atoms with E-state index in [0.29, 0.717) is 24.0 Å². The highest BCUT2D eigenvalue weighted by Gasteiger charge is 2.38. The van der Waals surface area contributed by atoms with Gasteiger partial charge in [-0.3, -0.25) is 9.59 Å². The minimum atomic E-state index is -0.242. The lowest BCUT2D eigenvalue weighted by Crippen LogP contribution is -2.49. The van der Waals surface area contributed by atoms with Crippen molar-refractivity contribution in [2.45, 2.75) is 25.3 Å². The Balaban J connectivity index is 1.67. The number of benzene rings is 1. The van der Waals surface area contributed by atoms with Gasteiger partial charge in [0.25, 0.3) is 0 Å². The minimum absolute atomic E-state index is 0.00727. The molecule has 2 saturated heterocycles. The predicted octanol–water partition coefficient (Wildman–Crippen LogP) is 1.90. The van der Waals surface area contributed by atoms with Gasteiger partial charge in [-0.2, -0.15) is 0 Å². The van der Waals surface area contributed by atoms with E-state index < -0.39 is 0 Å². The molecule has 0 spiro atoms. The number of carbonyl (C=O) groups is 2. The summed E-state index contributed by atoms with van der Waals surface area (Å²) in [7, 11) is 1.93. The van der Waals surface area contributed by atoms with E-state index in [1.54, 1.807) is 17.0 Å². The van der Waals surface area contributed by atoms with Crippen LogP contribution in [0.2, 0.25) is 5.02 Å². The Kier molecular flexibility index (Phi) is 4.87. The maximum absolute atomic E-state index is 12.7. The molecule has 2 unspecified atom stereocenters. The molecule has 0 aromatic heterocycles. The van der Waals surface area contributed by atoms with Crippen LogP contribution in [0.25, 0.3) is 0 Å². The van der Waals surface area contributed by atoms with Crippen LogP contribution in [0, 0.1) is 5.92 Å². The number of halogens is 1. The lowest BCUT2D eigenvalue weighted by Gasteiger charge is -2.34. The second-order valence-electron chi connectivity index (χ2n) is 6.29. The minimum Gasteiger partial charge on any atom is -0.341 e. The summed E-state index contributed by atoms with van der Waals surface area (Å²) in [6, 6.07) is 7.54. The summed E-state index contributed by atoms with van der Waals surface area (Å²) < 4.78 is 0. The van der Waals surface area contributed by atoms with Crippen molar-refractivity contribution in [2.75, 3.05) is 31.6 Å². The number of carbonyl (C=O) groups excluding carboxylic acids is 2. The zero-order valence-corrected chi connectivity index (χ0v) is 14.1. The number of nitrogens with zero attached hydrogens (tertiary/aromatic N) is 2. The van der Waals surface area contributed by atoms with Gasteiger partial charge in [0.2, 0.25) is 11.8 Å². The number of likely N-dealkylation sites (N-methyl/N-ethyl adjacent to an activating group) is 1. The summed E-state index contributed by atoms with van der Waals surface area (Å²) >= 11 is 5.89. The molecule has 2 aliphatic heterocycles. The molecule has 1 aromatic carbocycles. The lowest BCUT2D eigenvalue weighted by molar-refractivity contribution is -0.137. The van der Waals surface area contributed by atoms with E-state index in [2.05, 4.69) is 5.32 Å². The van der Waals surface area contributed by atoms with E-state index in [9.17, 15) is 9.59 Å². The molecule has 3 rings (SSSR count). The molecule has 2 heterocycles. The van der Waals surface area contributed by atoms with Crippen molar-refractivity contribution in [2.24, 2.45) is 5.92 Å². The van der Waals surface area contributed by atoms with Gasteiger partial charge in [-0.1, -0.05) is 11.6 Å². The number of rotatable bonds is 3. The number of nitrogens with one attached hydrogen (secondary N) is 1. The van der Waals surface area contributed by atoms with E-state index >= 15 is 0 Å². The molecule has 23 heavy (non-hydrogen) atoms. The Hall–Kier alpha value is -1.59. The number of piperidine rings is 1. The molecule has 0 bridgehead atoms. The van der Waals surface area contributed by atoms with Crippen molar-refractivity contribution in [3.8, 4) is 0 Å². The number of anilines is 1. The Morgan fingerprint density at radius 1 is 1.26 bits per heavy atom. The van der Waals surface area contributed by atoms with Gasteiger partial charge in [-0.15, -0.1) is 0 Å². The predicted molar refractivity (Wildman–Crippen MR) is 90.6 cm³/mol. The monoisotopic (exact) mass is 335 g/mol. The normalized spacial score (nSPS) is 25.0. The molecule has 1 N–H and O–H groups in total. The number of amides is 2. The van der Waals surface area contributed by atoms with Crippen LogP contribution < -0.4 is 10.2 Å². The van der Waals surface area contributed by atoms with Crippen LogP contribution in [-0.2, 0) is 9.59 Å². The first-order valence-corrected chi connectivity index (χ1v) is 8.48. The van der Waals surface area contributed by atoms with Gasteiger partial charge >= 0.3 is 0 Å². The van der Waals surface area contributed by atoms with Crippen molar-refractivity contribution in [3.63, 3.8) is 0 Å². The molecule has 2 aliphatic rings. The Morgan fingerprint density at radius 2 is 2.00 bits per heavy atom. The molecule has 2 amide bonds. The second-order valence-corrected chi connectivity index (χ2v) is 6.73. The average Bonchev–Trinajstić information content (AvgIpc) is 2.97. The zero-order valence-electron chi connectivity index (χ0n) is 13.3. The average molecular weight is 336 g/mol. The largest absolute Gasteiger partial charge is 0.341 e. The van der Waals surface area contributed by atoms with Crippen LogP contribution in [0.3, 0.4) is 0 Å². The molecule has 0 saturated carbocycles. The Labute approximate surface area is 141 Å². The third kappa shape index (κ3) is 3.51. The van der Waals surface area contributed by atoms with E-state index in [-0.39, 0.29) is 17.7 Å². The molecule has 0 radical (unpaired) electrons. The van der Waals surface area contributed by atoms with Crippen LogP contribution in [0.5, 0.6) is 0 Å². The van der Waals surface area contributed by atoms with E-state index in [1.165, 1.54) is 0 Å². The summed E-state index contributed by atoms with van der Waals surface area (Å²) in [4.78, 5) is 28.6. The smallest absolute Gasteiger partial charge is 0.228 e. The second kappa shape index (κ2) is 6.89. The molecule has 124 valence electrons. The third-order valence-corrected chi connectivity index (χ3v) is 5.01. The third-order valence-electron chi connectivity index (χ3n) is 4.75. The first-order chi connectivity index (χ1) is 11.1. The van der Waals surface area contributed by atoms with E-state index in [4.69, 9.17) is 11.6 Å². The highest BCUT2D eigenvalue weighted by atomic mass is 35.5. The summed E-state index contributed by atoms with van der Waals surface area (Å²) in [6.07, 6.45) is 2.40. The van der Waals surface area contributed by atoms with Gasteiger partial charge < -0.3 is 15.1 Å². The van der Waals surface area contributed by atoms with Crippen molar-refractivity contribution in [3.05, 3.63) is 29.3 Å². The van der Waals surface area contributed by atoms with E-state index in [0.717, 1.165) is 31.6 Å². The maximum atomic E-state index is 12.7. The van der Waals surface area contributed by atoms with Gasteiger partial charge in [-0.25, -0.2) is 0 Å². The Bertz CT molecular complexity index is 590. The van der Waals surface area contributed by atoms with Crippen molar-refractivity contribution < 1.29 is 9.59 Å². The molecule has 0 aliphatic carbocycles. The highest BCUT2D eigenvalue weighted by molar-refractivity contribution is 6.30. The van der Waals surface area contributed by atoms with Crippen LogP contribution >= 0.6 is 11.6 Å². The molecule has 6 heteroatoms. The van der Waals surface area contributed by atoms with Crippen molar-refractivity contribution in [1.29, 1.82) is 0 Å².